The Bertz CT molecular complexity index is 222. The van der Waals surface area contributed by atoms with Gasteiger partial charge in [0.1, 0.15) is 5.60 Å². The molecule has 0 aliphatic rings. The van der Waals surface area contributed by atoms with E-state index < -0.39 is 11.2 Å². The lowest BCUT2D eigenvalue weighted by atomic mass is 10.1. The predicted octanol–water partition coefficient (Wildman–Crippen LogP) is 1.05. The molecule has 0 aromatic carbocycles. The van der Waals surface area contributed by atoms with E-state index in [-0.39, 0.29) is 13.2 Å². The molecule has 0 heterocycles. The maximum atomic E-state index is 8.57. The Labute approximate surface area is 84.8 Å². The maximum absolute atomic E-state index is 8.57. The van der Waals surface area contributed by atoms with Crippen LogP contribution < -0.4 is 0 Å². The topological polar surface area (TPSA) is 58.9 Å². The lowest BCUT2D eigenvalue weighted by molar-refractivity contribution is -0.293. The minimum Gasteiger partial charge on any atom is -0.394 e. The maximum Gasteiger partial charge on any atom is 0.158 e. The van der Waals surface area contributed by atoms with Crippen molar-refractivity contribution < 1.29 is 20.0 Å². The fourth-order valence-corrected chi connectivity index (χ4v) is 0.661. The lowest BCUT2D eigenvalue weighted by Crippen LogP contribution is -2.26. The second-order valence-electron chi connectivity index (χ2n) is 3.93. The van der Waals surface area contributed by atoms with E-state index in [1.165, 1.54) is 0 Å². The molecule has 0 atom stereocenters. The highest BCUT2D eigenvalue weighted by Gasteiger charge is 2.18. The van der Waals surface area contributed by atoms with E-state index >= 15 is 0 Å². The zero-order valence-electron chi connectivity index (χ0n) is 9.13. The molecule has 4 nitrogen and oxygen atoms in total. The van der Waals surface area contributed by atoms with Crippen molar-refractivity contribution in [1.29, 1.82) is 0 Å². The molecule has 4 heteroatoms. The van der Waals surface area contributed by atoms with Crippen molar-refractivity contribution in [2.75, 3.05) is 13.2 Å². The quantitative estimate of drug-likeness (QED) is 0.406. The van der Waals surface area contributed by atoms with Crippen molar-refractivity contribution in [3.63, 3.8) is 0 Å². The molecule has 0 saturated carbocycles. The number of aliphatic hydroxyl groups is 1. The zero-order chi connectivity index (χ0) is 11.2. The van der Waals surface area contributed by atoms with Gasteiger partial charge in [0, 0.05) is 0 Å². The van der Waals surface area contributed by atoms with Crippen molar-refractivity contribution >= 4 is 0 Å². The van der Waals surface area contributed by atoms with Crippen LogP contribution in [0.15, 0.2) is 0 Å². The summed E-state index contributed by atoms with van der Waals surface area (Å²) in [6.45, 7) is 7.05. The van der Waals surface area contributed by atoms with E-state index in [1.807, 2.05) is 0 Å². The number of rotatable bonds is 4. The highest BCUT2D eigenvalue weighted by molar-refractivity contribution is 5.17. The van der Waals surface area contributed by atoms with Crippen LogP contribution in [0.25, 0.3) is 0 Å². The van der Waals surface area contributed by atoms with E-state index in [0.717, 1.165) is 0 Å². The average Bonchev–Trinajstić information content (AvgIpc) is 2.12. The normalized spacial score (nSPS) is 12.1. The molecular formula is C10H18O4. The summed E-state index contributed by atoms with van der Waals surface area (Å²) in [5, 5.41) is 17.0. The van der Waals surface area contributed by atoms with Crippen LogP contribution in [-0.4, -0.2) is 34.8 Å². The molecule has 0 amide bonds. The molecular weight excluding hydrogens is 184 g/mol. The zero-order valence-corrected chi connectivity index (χ0v) is 9.13. The van der Waals surface area contributed by atoms with E-state index in [0.29, 0.717) is 0 Å². The smallest absolute Gasteiger partial charge is 0.158 e. The highest BCUT2D eigenvalue weighted by atomic mass is 17.1. The third kappa shape index (κ3) is 5.95. The first-order chi connectivity index (χ1) is 6.33. The van der Waals surface area contributed by atoms with Crippen molar-refractivity contribution in [2.24, 2.45) is 0 Å². The van der Waals surface area contributed by atoms with E-state index in [9.17, 15) is 0 Å². The Hall–Kier alpha value is -0.600. The van der Waals surface area contributed by atoms with Gasteiger partial charge in [0.05, 0.1) is 13.2 Å². The summed E-state index contributed by atoms with van der Waals surface area (Å²) >= 11 is 0. The van der Waals surface area contributed by atoms with Gasteiger partial charge in [-0.3, -0.25) is 5.26 Å². The molecule has 0 bridgehead atoms. The molecule has 0 aliphatic heterocycles. The average molecular weight is 202 g/mol. The molecule has 2 N–H and O–H groups in total. The molecule has 0 fully saturated rings. The third-order valence-corrected chi connectivity index (χ3v) is 1.45. The van der Waals surface area contributed by atoms with Gasteiger partial charge in [-0.2, -0.15) is 0 Å². The van der Waals surface area contributed by atoms with Gasteiger partial charge in [-0.15, -0.1) is 0 Å². The fourth-order valence-electron chi connectivity index (χ4n) is 0.661. The van der Waals surface area contributed by atoms with Crippen LogP contribution in [0.1, 0.15) is 27.7 Å². The van der Waals surface area contributed by atoms with Gasteiger partial charge >= 0.3 is 0 Å². The standard InChI is InChI=1S/C10H18O4/c1-9(2,13-8-7-11)5-6-10(3,4)14-12/h11-12H,7-8H2,1-4H3. The molecule has 0 spiro atoms. The lowest BCUT2D eigenvalue weighted by Gasteiger charge is -2.19. The number of hydrogen-bond acceptors (Lipinski definition) is 4. The van der Waals surface area contributed by atoms with Gasteiger partial charge in [0.25, 0.3) is 0 Å². The van der Waals surface area contributed by atoms with E-state index in [2.05, 4.69) is 16.7 Å². The van der Waals surface area contributed by atoms with Crippen LogP contribution in [0, 0.1) is 11.8 Å². The molecule has 14 heavy (non-hydrogen) atoms. The van der Waals surface area contributed by atoms with Gasteiger partial charge in [0.2, 0.25) is 0 Å². The number of aliphatic hydroxyl groups excluding tert-OH is 1. The summed E-state index contributed by atoms with van der Waals surface area (Å²) in [4.78, 5) is 4.16. The van der Waals surface area contributed by atoms with Crippen LogP contribution in [0.2, 0.25) is 0 Å². The van der Waals surface area contributed by atoms with Crippen LogP contribution in [0.5, 0.6) is 0 Å². The molecule has 0 aromatic heterocycles. The molecule has 0 aromatic rings. The highest BCUT2D eigenvalue weighted by Crippen LogP contribution is 2.10. The first-order valence-electron chi connectivity index (χ1n) is 4.45. The largest absolute Gasteiger partial charge is 0.394 e. The third-order valence-electron chi connectivity index (χ3n) is 1.45. The molecule has 0 rings (SSSR count). The number of ether oxygens (including phenoxy) is 1. The summed E-state index contributed by atoms with van der Waals surface area (Å²) in [7, 11) is 0. The summed E-state index contributed by atoms with van der Waals surface area (Å²) < 4.78 is 5.26. The second kappa shape index (κ2) is 5.32. The van der Waals surface area contributed by atoms with Crippen LogP contribution >= 0.6 is 0 Å². The van der Waals surface area contributed by atoms with Gasteiger partial charge in [-0.05, 0) is 27.7 Å². The fraction of sp³-hybridized carbons (Fsp3) is 0.800. The second-order valence-corrected chi connectivity index (χ2v) is 3.93. The van der Waals surface area contributed by atoms with Gasteiger partial charge < -0.3 is 9.84 Å². The molecule has 0 aliphatic carbocycles. The number of hydrogen-bond donors (Lipinski definition) is 2. The Morgan fingerprint density at radius 2 is 1.57 bits per heavy atom. The molecule has 0 saturated heterocycles. The van der Waals surface area contributed by atoms with Gasteiger partial charge in [-0.1, -0.05) is 11.8 Å². The molecule has 82 valence electrons. The summed E-state index contributed by atoms with van der Waals surface area (Å²) in [5.41, 5.74) is -1.56. The first kappa shape index (κ1) is 13.4. The van der Waals surface area contributed by atoms with Crippen molar-refractivity contribution in [1.82, 2.24) is 0 Å². The Balaban J connectivity index is 4.32. The van der Waals surface area contributed by atoms with Crippen molar-refractivity contribution in [3.05, 3.63) is 0 Å². The van der Waals surface area contributed by atoms with Crippen molar-refractivity contribution in [3.8, 4) is 11.8 Å². The van der Waals surface area contributed by atoms with E-state index in [4.69, 9.17) is 15.1 Å². The predicted molar refractivity (Wildman–Crippen MR) is 52.7 cm³/mol. The van der Waals surface area contributed by atoms with Gasteiger partial charge in [-0.25, -0.2) is 4.89 Å². The monoisotopic (exact) mass is 202 g/mol. The van der Waals surface area contributed by atoms with E-state index in [1.54, 1.807) is 27.7 Å². The summed E-state index contributed by atoms with van der Waals surface area (Å²) in [6.07, 6.45) is 0. The van der Waals surface area contributed by atoms with Crippen LogP contribution in [-0.2, 0) is 9.62 Å². The Morgan fingerprint density at radius 3 is 2.00 bits per heavy atom. The molecule has 0 unspecified atom stereocenters. The first-order valence-corrected chi connectivity index (χ1v) is 4.45. The minimum atomic E-state index is -0.903. The molecule has 0 radical (unpaired) electrons. The van der Waals surface area contributed by atoms with Crippen molar-refractivity contribution in [2.45, 2.75) is 38.9 Å². The Morgan fingerprint density at radius 1 is 1.07 bits per heavy atom. The SMILES string of the molecule is CC(C)(C#CC(C)(C)OCCO)OO. The summed E-state index contributed by atoms with van der Waals surface area (Å²) in [5.74, 6) is 5.55. The van der Waals surface area contributed by atoms with Crippen LogP contribution in [0.4, 0.5) is 0 Å². The Kier molecular flexibility index (Phi) is 5.09. The summed E-state index contributed by atoms with van der Waals surface area (Å²) in [6, 6.07) is 0. The van der Waals surface area contributed by atoms with Crippen LogP contribution in [0.3, 0.4) is 0 Å². The minimum absolute atomic E-state index is 0.0367. The van der Waals surface area contributed by atoms with Gasteiger partial charge in [0.15, 0.2) is 5.60 Å².